The molecule has 0 radical (unpaired) electrons. The topological polar surface area (TPSA) is 65.4 Å². The van der Waals surface area contributed by atoms with Gasteiger partial charge in [-0.3, -0.25) is 4.98 Å². The van der Waals surface area contributed by atoms with E-state index in [4.69, 9.17) is 4.98 Å². The molecule has 0 spiro atoms. The number of anilines is 2. The van der Waals surface area contributed by atoms with Gasteiger partial charge in [0.05, 0.1) is 11.6 Å². The zero-order chi connectivity index (χ0) is 19.0. The Kier molecular flexibility index (Phi) is 4.66. The van der Waals surface area contributed by atoms with Gasteiger partial charge in [-0.15, -0.1) is 0 Å². The second-order valence-electron chi connectivity index (χ2n) is 7.49. The van der Waals surface area contributed by atoms with Gasteiger partial charge in [-0.2, -0.15) is 4.98 Å². The summed E-state index contributed by atoms with van der Waals surface area (Å²) in [7, 11) is 3.96. The van der Waals surface area contributed by atoms with Crippen LogP contribution in [0.4, 0.5) is 11.8 Å². The molecule has 0 aliphatic carbocycles. The van der Waals surface area contributed by atoms with Crippen LogP contribution in [0.1, 0.15) is 11.1 Å². The minimum Gasteiger partial charge on any atom is -0.391 e. The van der Waals surface area contributed by atoms with E-state index < -0.39 is 6.10 Å². The van der Waals surface area contributed by atoms with Crippen molar-refractivity contribution in [2.75, 3.05) is 37.0 Å². The molecule has 0 saturated carbocycles. The zero-order valence-corrected chi connectivity index (χ0v) is 16.0. The van der Waals surface area contributed by atoms with Gasteiger partial charge in [-0.05, 0) is 31.0 Å². The van der Waals surface area contributed by atoms with Crippen LogP contribution in [0.3, 0.4) is 0 Å². The summed E-state index contributed by atoms with van der Waals surface area (Å²) in [5.74, 6) is 1.74. The molecule has 1 N–H and O–H groups in total. The van der Waals surface area contributed by atoms with Gasteiger partial charge in [-0.25, -0.2) is 4.98 Å². The number of nitrogens with zero attached hydrogens (tertiary/aromatic N) is 5. The van der Waals surface area contributed by atoms with Crippen LogP contribution in [0.15, 0.2) is 42.7 Å². The average Bonchev–Trinajstić information content (AvgIpc) is 3.03. The predicted molar refractivity (Wildman–Crippen MR) is 108 cm³/mol. The lowest BCUT2D eigenvalue weighted by molar-refractivity contribution is 0.148. The van der Waals surface area contributed by atoms with Crippen molar-refractivity contribution in [3.8, 4) is 0 Å². The number of aliphatic hydroxyl groups is 1. The minimum absolute atomic E-state index is 0.142. The third-order valence-corrected chi connectivity index (χ3v) is 5.27. The minimum atomic E-state index is -0.398. The molecule has 0 bridgehead atoms. The number of para-hydroxylation sites is 1. The molecule has 3 heterocycles. The molecule has 3 aromatic rings. The highest BCUT2D eigenvalue weighted by Gasteiger charge is 2.33. The van der Waals surface area contributed by atoms with Crippen LogP contribution in [0.25, 0.3) is 10.9 Å². The summed E-state index contributed by atoms with van der Waals surface area (Å²) < 4.78 is 0. The Morgan fingerprint density at radius 3 is 2.78 bits per heavy atom. The predicted octanol–water partition coefficient (Wildman–Crippen LogP) is 2.44. The normalized spacial score (nSPS) is 19.6. The molecule has 140 valence electrons. The first-order valence-corrected chi connectivity index (χ1v) is 9.29. The Labute approximate surface area is 159 Å². The molecule has 0 amide bonds. The smallest absolute Gasteiger partial charge is 0.227 e. The van der Waals surface area contributed by atoms with Crippen molar-refractivity contribution in [2.45, 2.75) is 19.4 Å². The molecule has 1 aliphatic heterocycles. The summed E-state index contributed by atoms with van der Waals surface area (Å²) >= 11 is 0. The number of benzene rings is 1. The Balaban J connectivity index is 1.56. The van der Waals surface area contributed by atoms with Crippen LogP contribution in [0.2, 0.25) is 0 Å². The van der Waals surface area contributed by atoms with Crippen molar-refractivity contribution in [2.24, 2.45) is 5.92 Å². The number of rotatable bonds is 4. The molecule has 4 rings (SSSR count). The molecule has 1 aliphatic rings. The van der Waals surface area contributed by atoms with Crippen LogP contribution in [0, 0.1) is 12.8 Å². The van der Waals surface area contributed by atoms with Crippen molar-refractivity contribution in [3.05, 3.63) is 53.9 Å². The molecule has 2 atom stereocenters. The number of aromatic nitrogens is 3. The highest BCUT2D eigenvalue weighted by atomic mass is 16.3. The lowest BCUT2D eigenvalue weighted by Crippen LogP contribution is -2.24. The first kappa shape index (κ1) is 17.7. The lowest BCUT2D eigenvalue weighted by atomic mass is 9.94. The van der Waals surface area contributed by atoms with Crippen molar-refractivity contribution < 1.29 is 5.11 Å². The second kappa shape index (κ2) is 7.12. The van der Waals surface area contributed by atoms with Gasteiger partial charge in [0.2, 0.25) is 5.95 Å². The molecular weight excluding hydrogens is 338 g/mol. The quantitative estimate of drug-likeness (QED) is 0.768. The van der Waals surface area contributed by atoms with Crippen molar-refractivity contribution in [1.29, 1.82) is 0 Å². The van der Waals surface area contributed by atoms with E-state index in [2.05, 4.69) is 27.0 Å². The van der Waals surface area contributed by atoms with Crippen LogP contribution in [-0.2, 0) is 6.42 Å². The molecule has 6 nitrogen and oxygen atoms in total. The van der Waals surface area contributed by atoms with E-state index in [0.29, 0.717) is 12.5 Å². The van der Waals surface area contributed by atoms with Gasteiger partial charge in [0, 0.05) is 56.4 Å². The number of hydrogen-bond acceptors (Lipinski definition) is 6. The Bertz CT molecular complexity index is 953. The maximum atomic E-state index is 10.7. The molecular formula is C21H25N5O. The average molecular weight is 363 g/mol. The highest BCUT2D eigenvalue weighted by Crippen LogP contribution is 2.28. The van der Waals surface area contributed by atoms with Crippen molar-refractivity contribution >= 4 is 22.7 Å². The largest absolute Gasteiger partial charge is 0.391 e. The first-order valence-electron chi connectivity index (χ1n) is 9.29. The van der Waals surface area contributed by atoms with Gasteiger partial charge in [0.25, 0.3) is 0 Å². The fourth-order valence-corrected chi connectivity index (χ4v) is 3.86. The number of aliphatic hydroxyl groups excluding tert-OH is 1. The monoisotopic (exact) mass is 363 g/mol. The SMILES string of the molecule is Cc1cnc(N2CC(O)C(Cc3ccnc4ccccc34)C2)nc1N(C)C. The van der Waals surface area contributed by atoms with Gasteiger partial charge in [-0.1, -0.05) is 18.2 Å². The lowest BCUT2D eigenvalue weighted by Gasteiger charge is -2.20. The summed E-state index contributed by atoms with van der Waals surface area (Å²) in [5, 5.41) is 11.8. The van der Waals surface area contributed by atoms with E-state index in [9.17, 15) is 5.11 Å². The fourth-order valence-electron chi connectivity index (χ4n) is 3.86. The summed E-state index contributed by atoms with van der Waals surface area (Å²) in [6.07, 6.45) is 4.12. The van der Waals surface area contributed by atoms with E-state index in [1.54, 1.807) is 0 Å². The van der Waals surface area contributed by atoms with Gasteiger partial charge >= 0.3 is 0 Å². The number of pyridine rings is 1. The number of aryl methyl sites for hydroxylation is 1. The number of fused-ring (bicyclic) bond motifs is 1. The molecule has 2 unspecified atom stereocenters. The molecule has 27 heavy (non-hydrogen) atoms. The zero-order valence-electron chi connectivity index (χ0n) is 16.0. The summed E-state index contributed by atoms with van der Waals surface area (Å²) in [4.78, 5) is 17.7. The van der Waals surface area contributed by atoms with E-state index in [1.807, 2.05) is 56.5 Å². The molecule has 1 saturated heterocycles. The van der Waals surface area contributed by atoms with Crippen LogP contribution < -0.4 is 9.80 Å². The fraction of sp³-hybridized carbons (Fsp3) is 0.381. The Morgan fingerprint density at radius 2 is 1.96 bits per heavy atom. The summed E-state index contributed by atoms with van der Waals surface area (Å²) in [6.45, 7) is 3.31. The first-order chi connectivity index (χ1) is 13.0. The van der Waals surface area contributed by atoms with Crippen LogP contribution >= 0.6 is 0 Å². The van der Waals surface area contributed by atoms with Gasteiger partial charge < -0.3 is 14.9 Å². The maximum absolute atomic E-state index is 10.7. The van der Waals surface area contributed by atoms with Crippen LogP contribution in [0.5, 0.6) is 0 Å². The van der Waals surface area contributed by atoms with E-state index >= 15 is 0 Å². The van der Waals surface area contributed by atoms with Gasteiger partial charge in [0.15, 0.2) is 0 Å². The number of β-amino-alcohol motifs (C(OH)–C–C–N with tert-alkyl or cyclic N) is 1. The third-order valence-electron chi connectivity index (χ3n) is 5.27. The summed E-state index contributed by atoms with van der Waals surface area (Å²) in [5.41, 5.74) is 3.27. The maximum Gasteiger partial charge on any atom is 0.227 e. The Hall–Kier alpha value is -2.73. The molecule has 1 aromatic carbocycles. The Morgan fingerprint density at radius 1 is 1.15 bits per heavy atom. The molecule has 1 fully saturated rings. The van der Waals surface area contributed by atoms with Crippen LogP contribution in [-0.4, -0.2) is 53.3 Å². The molecule has 2 aromatic heterocycles. The van der Waals surface area contributed by atoms with Crippen molar-refractivity contribution in [1.82, 2.24) is 15.0 Å². The molecule has 6 heteroatoms. The van der Waals surface area contributed by atoms with E-state index in [1.165, 1.54) is 5.56 Å². The summed E-state index contributed by atoms with van der Waals surface area (Å²) in [6, 6.07) is 10.2. The van der Waals surface area contributed by atoms with E-state index in [-0.39, 0.29) is 5.92 Å². The highest BCUT2D eigenvalue weighted by molar-refractivity contribution is 5.81. The second-order valence-corrected chi connectivity index (χ2v) is 7.49. The van der Waals surface area contributed by atoms with Gasteiger partial charge in [0.1, 0.15) is 5.82 Å². The number of hydrogen-bond donors (Lipinski definition) is 1. The third kappa shape index (κ3) is 3.45. The van der Waals surface area contributed by atoms with Crippen molar-refractivity contribution in [3.63, 3.8) is 0 Å². The standard InChI is InChI=1S/C21H25N5O/c1-14-11-23-21(24-20(14)25(2)3)26-12-16(19(27)13-26)10-15-8-9-22-18-7-5-4-6-17(15)18/h4-9,11,16,19,27H,10,12-13H2,1-3H3. The van der Waals surface area contributed by atoms with E-state index in [0.717, 1.165) is 35.2 Å².